The summed E-state index contributed by atoms with van der Waals surface area (Å²) < 4.78 is 24.1. The Morgan fingerprint density at radius 2 is 1.13 bits per heavy atom. The highest BCUT2D eigenvalue weighted by Crippen LogP contribution is 2.27. The van der Waals surface area contributed by atoms with E-state index in [4.69, 9.17) is 18.9 Å². The maximum atomic E-state index is 12.1. The number of aliphatic hydroxyl groups is 1. The Labute approximate surface area is 226 Å². The number of esters is 1. The molecule has 38 heavy (non-hydrogen) atoms. The summed E-state index contributed by atoms with van der Waals surface area (Å²) in [5.74, 6) is -0.793. The normalized spacial score (nSPS) is 15.3. The van der Waals surface area contributed by atoms with E-state index in [-0.39, 0.29) is 18.4 Å². The van der Waals surface area contributed by atoms with Crippen molar-refractivity contribution in [1.29, 1.82) is 0 Å². The summed E-state index contributed by atoms with van der Waals surface area (Å²) >= 11 is 0. The van der Waals surface area contributed by atoms with Crippen LogP contribution in [-0.4, -0.2) is 42.6 Å². The number of hydrogen-bond acceptors (Lipinski definition) is 6. The summed E-state index contributed by atoms with van der Waals surface area (Å²) in [6, 6.07) is 29.8. The van der Waals surface area contributed by atoms with Crippen LogP contribution in [0.25, 0.3) is 0 Å². The highest BCUT2D eigenvalue weighted by molar-refractivity contribution is 5.74. The van der Waals surface area contributed by atoms with Gasteiger partial charge in [0.2, 0.25) is 0 Å². The molecule has 0 spiro atoms. The summed E-state index contributed by atoms with van der Waals surface area (Å²) in [6.45, 7) is 5.33. The Balaban J connectivity index is 1.84. The zero-order valence-electron chi connectivity index (χ0n) is 22.6. The SMILES string of the molecule is CCC(OCc1ccccc1)C(C)C(OCc1ccccc1)C(CC(O)C(=O)OC)OCc1ccccc1. The number of benzene rings is 3. The van der Waals surface area contributed by atoms with E-state index in [1.54, 1.807) is 0 Å². The molecule has 0 fully saturated rings. The average Bonchev–Trinajstić information content (AvgIpc) is 2.97. The molecule has 5 atom stereocenters. The van der Waals surface area contributed by atoms with Crippen LogP contribution in [0.4, 0.5) is 0 Å². The van der Waals surface area contributed by atoms with Crippen LogP contribution < -0.4 is 0 Å². The number of ether oxygens (including phenoxy) is 4. The first-order valence-electron chi connectivity index (χ1n) is 13.2. The van der Waals surface area contributed by atoms with E-state index >= 15 is 0 Å². The van der Waals surface area contributed by atoms with E-state index in [0.717, 1.165) is 23.1 Å². The van der Waals surface area contributed by atoms with Crippen molar-refractivity contribution < 1.29 is 28.8 Å². The lowest BCUT2D eigenvalue weighted by Crippen LogP contribution is -2.45. The van der Waals surface area contributed by atoms with E-state index in [1.165, 1.54) is 7.11 Å². The van der Waals surface area contributed by atoms with Crippen LogP contribution in [0.3, 0.4) is 0 Å². The van der Waals surface area contributed by atoms with E-state index in [0.29, 0.717) is 19.8 Å². The Bertz CT molecular complexity index is 1040. The van der Waals surface area contributed by atoms with Gasteiger partial charge in [-0.05, 0) is 23.1 Å². The van der Waals surface area contributed by atoms with Crippen molar-refractivity contribution in [2.45, 2.75) is 70.9 Å². The van der Waals surface area contributed by atoms with Gasteiger partial charge in [0.1, 0.15) is 0 Å². The summed E-state index contributed by atoms with van der Waals surface area (Å²) in [4.78, 5) is 12.1. The maximum Gasteiger partial charge on any atom is 0.334 e. The molecular formula is C32H40O6. The second-order valence-corrected chi connectivity index (χ2v) is 9.47. The highest BCUT2D eigenvalue weighted by Gasteiger charge is 2.36. The molecule has 0 saturated heterocycles. The fourth-order valence-electron chi connectivity index (χ4n) is 4.52. The molecule has 6 heteroatoms. The average molecular weight is 521 g/mol. The van der Waals surface area contributed by atoms with Gasteiger partial charge in [-0.1, -0.05) is 105 Å². The molecule has 1 N–H and O–H groups in total. The largest absolute Gasteiger partial charge is 0.467 e. The topological polar surface area (TPSA) is 74.2 Å². The van der Waals surface area contributed by atoms with Crippen LogP contribution >= 0.6 is 0 Å². The summed E-state index contributed by atoms with van der Waals surface area (Å²) in [6.07, 6.45) is -1.70. The lowest BCUT2D eigenvalue weighted by atomic mass is 9.89. The van der Waals surface area contributed by atoms with E-state index in [9.17, 15) is 9.90 Å². The predicted molar refractivity (Wildman–Crippen MR) is 147 cm³/mol. The van der Waals surface area contributed by atoms with Crippen LogP contribution in [0.1, 0.15) is 43.4 Å². The third-order valence-corrected chi connectivity index (χ3v) is 6.70. The zero-order valence-corrected chi connectivity index (χ0v) is 22.6. The lowest BCUT2D eigenvalue weighted by Gasteiger charge is -2.36. The Morgan fingerprint density at radius 3 is 1.55 bits per heavy atom. The first kappa shape index (κ1) is 29.5. The first-order chi connectivity index (χ1) is 18.5. The summed E-state index contributed by atoms with van der Waals surface area (Å²) in [5.41, 5.74) is 3.11. The third-order valence-electron chi connectivity index (χ3n) is 6.70. The lowest BCUT2D eigenvalue weighted by molar-refractivity contribution is -0.163. The maximum absolute atomic E-state index is 12.1. The van der Waals surface area contributed by atoms with Gasteiger partial charge in [0.25, 0.3) is 0 Å². The molecule has 3 aromatic rings. The molecule has 0 radical (unpaired) electrons. The number of carbonyl (C=O) groups excluding carboxylic acids is 1. The van der Waals surface area contributed by atoms with Crippen LogP contribution in [0.5, 0.6) is 0 Å². The molecule has 0 saturated carbocycles. The van der Waals surface area contributed by atoms with Crippen molar-refractivity contribution in [3.63, 3.8) is 0 Å². The fraction of sp³-hybridized carbons (Fsp3) is 0.406. The minimum Gasteiger partial charge on any atom is -0.467 e. The first-order valence-corrected chi connectivity index (χ1v) is 13.2. The minimum atomic E-state index is -1.33. The molecular weight excluding hydrogens is 480 g/mol. The second kappa shape index (κ2) is 16.0. The standard InChI is InChI=1S/C32H40O6/c1-4-29(36-21-25-14-8-5-9-15-25)24(2)31(38-23-27-18-12-7-13-19-27)30(20-28(33)32(34)35-3)37-22-26-16-10-6-11-17-26/h5-19,24,28-31,33H,4,20-23H2,1-3H3. The monoisotopic (exact) mass is 520 g/mol. The van der Waals surface area contributed by atoms with Crippen LogP contribution in [0, 0.1) is 5.92 Å². The quantitative estimate of drug-likeness (QED) is 0.244. The Morgan fingerprint density at radius 1 is 0.711 bits per heavy atom. The van der Waals surface area contributed by atoms with Crippen molar-refractivity contribution in [2.75, 3.05) is 7.11 Å². The minimum absolute atomic E-state index is 0.0401. The molecule has 5 unspecified atom stereocenters. The third kappa shape index (κ3) is 9.37. The van der Waals surface area contributed by atoms with E-state index in [2.05, 4.69) is 13.8 Å². The van der Waals surface area contributed by atoms with Gasteiger partial charge in [0.15, 0.2) is 6.10 Å². The summed E-state index contributed by atoms with van der Waals surface area (Å²) in [5, 5.41) is 10.6. The molecule has 0 heterocycles. The number of aliphatic hydroxyl groups excluding tert-OH is 1. The fourth-order valence-corrected chi connectivity index (χ4v) is 4.52. The number of rotatable bonds is 16. The molecule has 0 aromatic heterocycles. The molecule has 0 amide bonds. The highest BCUT2D eigenvalue weighted by atomic mass is 16.6. The van der Waals surface area contributed by atoms with Crippen molar-refractivity contribution in [3.8, 4) is 0 Å². The van der Waals surface area contributed by atoms with Gasteiger partial charge in [-0.15, -0.1) is 0 Å². The van der Waals surface area contributed by atoms with Crippen molar-refractivity contribution in [1.82, 2.24) is 0 Å². The number of methoxy groups -OCH3 is 1. The Hall–Kier alpha value is -3.03. The van der Waals surface area contributed by atoms with Gasteiger partial charge in [-0.3, -0.25) is 0 Å². The predicted octanol–water partition coefficient (Wildman–Crippen LogP) is 5.71. The Kier molecular flexibility index (Phi) is 12.5. The smallest absolute Gasteiger partial charge is 0.334 e. The molecule has 6 nitrogen and oxygen atoms in total. The molecule has 0 aliphatic carbocycles. The molecule has 0 aliphatic rings. The molecule has 204 valence electrons. The van der Waals surface area contributed by atoms with Crippen molar-refractivity contribution in [2.24, 2.45) is 5.92 Å². The molecule has 0 bridgehead atoms. The molecule has 0 aliphatic heterocycles. The van der Waals surface area contributed by atoms with Crippen LogP contribution in [0.2, 0.25) is 0 Å². The van der Waals surface area contributed by atoms with Gasteiger partial charge < -0.3 is 24.1 Å². The van der Waals surface area contributed by atoms with Gasteiger partial charge in [-0.2, -0.15) is 0 Å². The van der Waals surface area contributed by atoms with Gasteiger partial charge in [0, 0.05) is 12.3 Å². The number of hydrogen-bond donors (Lipinski definition) is 1. The van der Waals surface area contributed by atoms with Gasteiger partial charge in [0.05, 0.1) is 45.2 Å². The van der Waals surface area contributed by atoms with E-state index < -0.39 is 24.3 Å². The van der Waals surface area contributed by atoms with Crippen LogP contribution in [-0.2, 0) is 43.6 Å². The van der Waals surface area contributed by atoms with E-state index in [1.807, 2.05) is 91.0 Å². The summed E-state index contributed by atoms with van der Waals surface area (Å²) in [7, 11) is 1.27. The van der Waals surface area contributed by atoms with Crippen LogP contribution in [0.15, 0.2) is 91.0 Å². The van der Waals surface area contributed by atoms with Gasteiger partial charge in [-0.25, -0.2) is 4.79 Å². The van der Waals surface area contributed by atoms with Gasteiger partial charge >= 0.3 is 5.97 Å². The van der Waals surface area contributed by atoms with Crippen molar-refractivity contribution >= 4 is 5.97 Å². The zero-order chi connectivity index (χ0) is 27.2. The number of carbonyl (C=O) groups is 1. The molecule has 3 rings (SSSR count). The molecule has 3 aromatic carbocycles. The second-order valence-electron chi connectivity index (χ2n) is 9.47. The van der Waals surface area contributed by atoms with Crippen molar-refractivity contribution in [3.05, 3.63) is 108 Å².